The Kier molecular flexibility index (Phi) is 9.89. The average molecular weight is 471 g/mol. The molecule has 1 atom stereocenters. The number of hydrogen-bond donors (Lipinski definition) is 2. The Morgan fingerprint density at radius 2 is 1.47 bits per heavy atom. The van der Waals surface area contributed by atoms with Crippen LogP contribution in [0.15, 0.2) is 18.2 Å². The molecule has 1 unspecified atom stereocenters. The minimum Gasteiger partial charge on any atom is -0.327 e. The molecule has 0 radical (unpaired) electrons. The Hall–Kier alpha value is -0.930. The molecule has 3 fully saturated rings. The van der Waals surface area contributed by atoms with Gasteiger partial charge in [-0.1, -0.05) is 32.4 Å². The van der Waals surface area contributed by atoms with Crippen molar-refractivity contribution in [3.05, 3.63) is 35.1 Å². The summed E-state index contributed by atoms with van der Waals surface area (Å²) in [7, 11) is 0. The van der Waals surface area contributed by atoms with Gasteiger partial charge in [-0.3, -0.25) is 0 Å². The van der Waals surface area contributed by atoms with E-state index in [1.807, 2.05) is 6.07 Å². The van der Waals surface area contributed by atoms with Crippen molar-refractivity contribution in [1.29, 1.82) is 0 Å². The van der Waals surface area contributed by atoms with E-state index >= 15 is 4.39 Å². The van der Waals surface area contributed by atoms with Crippen LogP contribution in [-0.2, 0) is 0 Å². The normalized spacial score (nSPS) is 33.5. The fourth-order valence-corrected chi connectivity index (χ4v) is 7.52. The number of nitrogens with one attached hydrogen (secondary N) is 1. The lowest BCUT2D eigenvalue weighted by atomic mass is 9.67. The molecule has 0 bridgehead atoms. The highest BCUT2D eigenvalue weighted by atomic mass is 19.1. The summed E-state index contributed by atoms with van der Waals surface area (Å²) >= 11 is 0. The lowest BCUT2D eigenvalue weighted by molar-refractivity contribution is 0.149. The van der Waals surface area contributed by atoms with Crippen molar-refractivity contribution in [2.24, 2.45) is 23.5 Å². The van der Waals surface area contributed by atoms with Gasteiger partial charge in [-0.15, -0.1) is 0 Å². The number of nitrogens with two attached hydrogens (primary N) is 1. The molecule has 0 spiro atoms. The smallest absolute Gasteiger partial charge is 0.126 e. The third-order valence-corrected chi connectivity index (χ3v) is 9.96. The van der Waals surface area contributed by atoms with Gasteiger partial charge in [0, 0.05) is 12.1 Å². The van der Waals surface area contributed by atoms with Crippen molar-refractivity contribution < 1.29 is 4.39 Å². The molecule has 3 aliphatic carbocycles. The number of unbranched alkanes of at least 4 members (excludes halogenated alkanes) is 1. The van der Waals surface area contributed by atoms with Gasteiger partial charge in [0.05, 0.1) is 0 Å². The van der Waals surface area contributed by atoms with Gasteiger partial charge in [-0.05, 0) is 143 Å². The lowest BCUT2D eigenvalue weighted by Crippen LogP contribution is -2.34. The van der Waals surface area contributed by atoms with Crippen molar-refractivity contribution >= 4 is 0 Å². The number of rotatable bonds is 9. The summed E-state index contributed by atoms with van der Waals surface area (Å²) in [5, 5.41) is 3.70. The Bertz CT molecular complexity index is 725. The van der Waals surface area contributed by atoms with Crippen molar-refractivity contribution in [2.75, 3.05) is 6.54 Å². The molecule has 3 aliphatic rings. The average Bonchev–Trinajstić information content (AvgIpc) is 2.89. The van der Waals surface area contributed by atoms with Crippen LogP contribution in [0.1, 0.15) is 133 Å². The summed E-state index contributed by atoms with van der Waals surface area (Å²) in [5.74, 6) is 3.58. The van der Waals surface area contributed by atoms with Crippen LogP contribution in [-0.4, -0.2) is 18.6 Å². The number of benzene rings is 1. The molecule has 0 saturated heterocycles. The Morgan fingerprint density at radius 3 is 2.06 bits per heavy atom. The molecule has 0 aliphatic heterocycles. The molecule has 3 heteroatoms. The first-order chi connectivity index (χ1) is 16.6. The molecule has 3 saturated carbocycles. The maximum Gasteiger partial charge on any atom is 0.126 e. The first-order valence-corrected chi connectivity index (χ1v) is 14.9. The van der Waals surface area contributed by atoms with Crippen LogP contribution in [0.4, 0.5) is 4.39 Å². The zero-order chi connectivity index (χ0) is 23.9. The van der Waals surface area contributed by atoms with Gasteiger partial charge in [0.2, 0.25) is 0 Å². The summed E-state index contributed by atoms with van der Waals surface area (Å²) in [6, 6.07) is 7.37. The SMILES string of the molecule is CCCCNC1CCC(c2ccc(C3CCC(C4CCC(C(N)CC)CC4)CC3)cc2F)CC1. The highest BCUT2D eigenvalue weighted by molar-refractivity contribution is 5.30. The third-order valence-electron chi connectivity index (χ3n) is 9.96. The topological polar surface area (TPSA) is 38.0 Å². The van der Waals surface area contributed by atoms with E-state index in [9.17, 15) is 0 Å². The predicted molar refractivity (Wildman–Crippen MR) is 143 cm³/mol. The summed E-state index contributed by atoms with van der Waals surface area (Å²) in [6.07, 6.45) is 18.8. The Labute approximate surface area is 209 Å². The van der Waals surface area contributed by atoms with Crippen LogP contribution in [0.5, 0.6) is 0 Å². The van der Waals surface area contributed by atoms with E-state index in [2.05, 4.69) is 31.3 Å². The van der Waals surface area contributed by atoms with Crippen LogP contribution < -0.4 is 11.1 Å². The minimum atomic E-state index is 0.0626. The van der Waals surface area contributed by atoms with Gasteiger partial charge in [0.15, 0.2) is 0 Å². The van der Waals surface area contributed by atoms with Gasteiger partial charge >= 0.3 is 0 Å². The molecular weight excluding hydrogens is 419 g/mol. The van der Waals surface area contributed by atoms with Crippen molar-refractivity contribution in [2.45, 2.75) is 134 Å². The predicted octanol–water partition coefficient (Wildman–Crippen LogP) is 8.06. The van der Waals surface area contributed by atoms with Gasteiger partial charge in [0.25, 0.3) is 0 Å². The second-order valence-electron chi connectivity index (χ2n) is 12.0. The quantitative estimate of drug-likeness (QED) is 0.358. The lowest BCUT2D eigenvalue weighted by Gasteiger charge is -2.39. The van der Waals surface area contributed by atoms with E-state index in [-0.39, 0.29) is 5.82 Å². The molecule has 4 rings (SSSR count). The highest BCUT2D eigenvalue weighted by Crippen LogP contribution is 2.45. The van der Waals surface area contributed by atoms with Gasteiger partial charge < -0.3 is 11.1 Å². The fourth-order valence-electron chi connectivity index (χ4n) is 7.52. The first kappa shape index (κ1) is 26.1. The van der Waals surface area contributed by atoms with Crippen LogP contribution in [0.2, 0.25) is 0 Å². The molecule has 1 aromatic carbocycles. The van der Waals surface area contributed by atoms with Gasteiger partial charge in [-0.25, -0.2) is 4.39 Å². The second-order valence-corrected chi connectivity index (χ2v) is 12.0. The molecule has 34 heavy (non-hydrogen) atoms. The zero-order valence-electron chi connectivity index (χ0n) is 22.0. The van der Waals surface area contributed by atoms with Crippen molar-refractivity contribution in [3.63, 3.8) is 0 Å². The van der Waals surface area contributed by atoms with E-state index in [1.165, 1.54) is 82.6 Å². The molecule has 0 amide bonds. The zero-order valence-corrected chi connectivity index (χ0v) is 22.0. The molecule has 0 heterocycles. The van der Waals surface area contributed by atoms with E-state index in [0.717, 1.165) is 49.1 Å². The molecule has 0 aromatic heterocycles. The summed E-state index contributed by atoms with van der Waals surface area (Å²) < 4.78 is 15.2. The van der Waals surface area contributed by atoms with Crippen molar-refractivity contribution in [1.82, 2.24) is 5.32 Å². The Morgan fingerprint density at radius 1 is 0.853 bits per heavy atom. The molecule has 1 aromatic rings. The second kappa shape index (κ2) is 12.9. The van der Waals surface area contributed by atoms with E-state index in [1.54, 1.807) is 0 Å². The number of halogens is 1. The van der Waals surface area contributed by atoms with Crippen LogP contribution in [0.3, 0.4) is 0 Å². The van der Waals surface area contributed by atoms with Crippen molar-refractivity contribution in [3.8, 4) is 0 Å². The summed E-state index contributed by atoms with van der Waals surface area (Å²) in [6.45, 7) is 5.60. The summed E-state index contributed by atoms with van der Waals surface area (Å²) in [5.41, 5.74) is 8.55. The van der Waals surface area contributed by atoms with Crippen LogP contribution in [0.25, 0.3) is 0 Å². The maximum atomic E-state index is 15.2. The van der Waals surface area contributed by atoms with E-state index in [4.69, 9.17) is 5.73 Å². The minimum absolute atomic E-state index is 0.0626. The maximum absolute atomic E-state index is 15.2. The largest absolute Gasteiger partial charge is 0.327 e. The standard InChI is InChI=1S/C31H51FN2/c1-3-5-20-34-28-17-14-25(15-18-28)29-19-16-27(21-30(29)32)24-8-6-22(7-9-24)23-10-12-26(13-11-23)31(33)4-2/h16,19,21-26,28,31,34H,3-15,17-18,20,33H2,1-2H3. The van der Waals surface area contributed by atoms with Gasteiger partial charge in [-0.2, -0.15) is 0 Å². The molecular formula is C31H51FN2. The summed E-state index contributed by atoms with van der Waals surface area (Å²) in [4.78, 5) is 0. The number of hydrogen-bond acceptors (Lipinski definition) is 2. The van der Waals surface area contributed by atoms with Crippen LogP contribution in [0, 0.1) is 23.6 Å². The van der Waals surface area contributed by atoms with Crippen LogP contribution >= 0.6 is 0 Å². The highest BCUT2D eigenvalue weighted by Gasteiger charge is 2.33. The van der Waals surface area contributed by atoms with E-state index in [0.29, 0.717) is 23.9 Å². The molecule has 3 N–H and O–H groups in total. The Balaban J connectivity index is 1.24. The third kappa shape index (κ3) is 6.64. The molecule has 192 valence electrons. The first-order valence-electron chi connectivity index (χ1n) is 14.9. The molecule has 2 nitrogen and oxygen atoms in total. The van der Waals surface area contributed by atoms with Gasteiger partial charge in [0.1, 0.15) is 5.82 Å². The fraction of sp³-hybridized carbons (Fsp3) is 0.806. The van der Waals surface area contributed by atoms with E-state index < -0.39 is 0 Å². The monoisotopic (exact) mass is 470 g/mol.